The maximum absolute atomic E-state index is 12.4. The van der Waals surface area contributed by atoms with Crippen molar-refractivity contribution in [1.29, 1.82) is 0 Å². The molecule has 1 heterocycles. The number of nitrogens with one attached hydrogen (secondary N) is 1. The maximum atomic E-state index is 12.4. The predicted octanol–water partition coefficient (Wildman–Crippen LogP) is 4.70. The van der Waals surface area contributed by atoms with Gasteiger partial charge in [0.05, 0.1) is 17.2 Å². The van der Waals surface area contributed by atoms with Crippen LogP contribution in [0.2, 0.25) is 18.1 Å². The molecule has 166 valence electrons. The highest BCUT2D eigenvalue weighted by atomic mass is 127. The summed E-state index contributed by atoms with van der Waals surface area (Å²) >= 11 is 2.24. The molecule has 0 saturated heterocycles. The molecule has 1 amide bonds. The Morgan fingerprint density at radius 1 is 1.23 bits per heavy atom. The summed E-state index contributed by atoms with van der Waals surface area (Å²) in [5.41, 5.74) is 1.89. The number of fused-ring (bicyclic) bond motifs is 1. The minimum atomic E-state index is -1.68. The molecular formula is C22H35IN4O2Si. The Labute approximate surface area is 195 Å². The van der Waals surface area contributed by atoms with Crippen LogP contribution in [0, 0.1) is 3.57 Å². The number of benzene rings is 1. The lowest BCUT2D eigenvalue weighted by molar-refractivity contribution is 0.0943. The number of carbonyl (C=O) groups is 1. The normalized spacial score (nSPS) is 12.5. The van der Waals surface area contributed by atoms with Gasteiger partial charge in [0.15, 0.2) is 8.32 Å². The standard InChI is InChI=1S/C22H35IN4O2Si/c1-7-27(12-8-14-29-30(5,6)22(2,3)4)13-11-24-21(28)20-16-25-19-15-17(23)9-10-18(19)26-20/h9-10,15-16H,7-8,11-14H2,1-6H3,(H,24,28). The van der Waals surface area contributed by atoms with E-state index in [0.717, 1.165) is 47.3 Å². The van der Waals surface area contributed by atoms with Crippen molar-refractivity contribution >= 4 is 47.8 Å². The van der Waals surface area contributed by atoms with Gasteiger partial charge in [-0.25, -0.2) is 4.98 Å². The first-order valence-electron chi connectivity index (χ1n) is 10.6. The van der Waals surface area contributed by atoms with E-state index in [1.165, 1.54) is 0 Å². The van der Waals surface area contributed by atoms with E-state index in [-0.39, 0.29) is 10.9 Å². The van der Waals surface area contributed by atoms with Gasteiger partial charge < -0.3 is 14.6 Å². The fourth-order valence-electron chi connectivity index (χ4n) is 2.77. The van der Waals surface area contributed by atoms with E-state index in [0.29, 0.717) is 12.2 Å². The number of hydrogen-bond acceptors (Lipinski definition) is 5. The summed E-state index contributed by atoms with van der Waals surface area (Å²) in [6, 6.07) is 5.82. The van der Waals surface area contributed by atoms with Crippen LogP contribution in [0.4, 0.5) is 0 Å². The molecule has 1 aromatic heterocycles. The Hall–Kier alpha value is -1.10. The van der Waals surface area contributed by atoms with Crippen molar-refractivity contribution in [3.05, 3.63) is 33.7 Å². The molecule has 0 aliphatic carbocycles. The molecule has 0 spiro atoms. The van der Waals surface area contributed by atoms with Crippen molar-refractivity contribution < 1.29 is 9.22 Å². The molecule has 6 nitrogen and oxygen atoms in total. The van der Waals surface area contributed by atoms with Crippen LogP contribution in [-0.4, -0.2) is 61.9 Å². The second kappa shape index (κ2) is 11.0. The molecule has 0 saturated carbocycles. The second-order valence-electron chi connectivity index (χ2n) is 9.04. The van der Waals surface area contributed by atoms with E-state index in [4.69, 9.17) is 4.43 Å². The molecule has 0 atom stereocenters. The summed E-state index contributed by atoms with van der Waals surface area (Å²) in [7, 11) is -1.68. The minimum absolute atomic E-state index is 0.180. The minimum Gasteiger partial charge on any atom is -0.417 e. The van der Waals surface area contributed by atoms with Crippen LogP contribution in [0.15, 0.2) is 24.4 Å². The first-order valence-corrected chi connectivity index (χ1v) is 14.6. The van der Waals surface area contributed by atoms with E-state index < -0.39 is 8.32 Å². The molecule has 0 radical (unpaired) electrons. The second-order valence-corrected chi connectivity index (χ2v) is 15.1. The quantitative estimate of drug-likeness (QED) is 0.268. The summed E-state index contributed by atoms with van der Waals surface area (Å²) < 4.78 is 7.36. The molecular weight excluding hydrogens is 507 g/mol. The molecule has 2 rings (SSSR count). The molecule has 0 fully saturated rings. The van der Waals surface area contributed by atoms with Crippen molar-refractivity contribution in [2.45, 2.75) is 52.2 Å². The van der Waals surface area contributed by atoms with Crippen molar-refractivity contribution in [3.8, 4) is 0 Å². The third-order valence-electron chi connectivity index (χ3n) is 5.79. The Morgan fingerprint density at radius 3 is 2.63 bits per heavy atom. The van der Waals surface area contributed by atoms with Gasteiger partial charge in [-0.2, -0.15) is 0 Å². The summed E-state index contributed by atoms with van der Waals surface area (Å²) in [4.78, 5) is 23.6. The number of likely N-dealkylation sites (N-methyl/N-ethyl adjacent to an activating group) is 1. The number of hydrogen-bond donors (Lipinski definition) is 1. The number of halogens is 1. The highest BCUT2D eigenvalue weighted by molar-refractivity contribution is 14.1. The van der Waals surface area contributed by atoms with Gasteiger partial charge in [-0.15, -0.1) is 0 Å². The van der Waals surface area contributed by atoms with Gasteiger partial charge in [0.2, 0.25) is 0 Å². The zero-order valence-electron chi connectivity index (χ0n) is 19.1. The number of rotatable bonds is 10. The summed E-state index contributed by atoms with van der Waals surface area (Å²) in [5, 5.41) is 3.21. The topological polar surface area (TPSA) is 67.3 Å². The van der Waals surface area contributed by atoms with Gasteiger partial charge in [-0.1, -0.05) is 27.7 Å². The van der Waals surface area contributed by atoms with E-state index in [9.17, 15) is 4.79 Å². The highest BCUT2D eigenvalue weighted by Crippen LogP contribution is 2.36. The van der Waals surface area contributed by atoms with Crippen molar-refractivity contribution in [3.63, 3.8) is 0 Å². The fourth-order valence-corrected chi connectivity index (χ4v) is 4.33. The van der Waals surface area contributed by atoms with Crippen LogP contribution in [0.3, 0.4) is 0 Å². The van der Waals surface area contributed by atoms with E-state index in [1.54, 1.807) is 6.20 Å². The number of amides is 1. The molecule has 2 aromatic rings. The smallest absolute Gasteiger partial charge is 0.271 e. The first-order chi connectivity index (χ1) is 14.0. The monoisotopic (exact) mass is 542 g/mol. The van der Waals surface area contributed by atoms with E-state index in [2.05, 4.69) is 83.6 Å². The molecule has 8 heteroatoms. The van der Waals surface area contributed by atoms with Crippen molar-refractivity contribution in [2.24, 2.45) is 0 Å². The lowest BCUT2D eigenvalue weighted by Gasteiger charge is -2.36. The Bertz CT molecular complexity index is 855. The van der Waals surface area contributed by atoms with Gasteiger partial charge in [0.1, 0.15) is 5.69 Å². The van der Waals surface area contributed by atoms with Gasteiger partial charge in [0.25, 0.3) is 5.91 Å². The van der Waals surface area contributed by atoms with Crippen LogP contribution >= 0.6 is 22.6 Å². The van der Waals surface area contributed by atoms with Gasteiger partial charge >= 0.3 is 0 Å². The lowest BCUT2D eigenvalue weighted by Crippen LogP contribution is -2.41. The zero-order chi connectivity index (χ0) is 22.4. The number of aromatic nitrogens is 2. The van der Waals surface area contributed by atoms with Gasteiger partial charge in [0, 0.05) is 29.8 Å². The van der Waals surface area contributed by atoms with Crippen molar-refractivity contribution in [2.75, 3.05) is 32.8 Å². The Morgan fingerprint density at radius 2 is 1.97 bits per heavy atom. The van der Waals surface area contributed by atoms with E-state index >= 15 is 0 Å². The third-order valence-corrected chi connectivity index (χ3v) is 11.0. The first kappa shape index (κ1) is 25.2. The largest absolute Gasteiger partial charge is 0.417 e. The van der Waals surface area contributed by atoms with Crippen LogP contribution in [0.5, 0.6) is 0 Å². The number of carbonyl (C=O) groups excluding carboxylic acids is 1. The van der Waals surface area contributed by atoms with Crippen LogP contribution in [-0.2, 0) is 4.43 Å². The predicted molar refractivity (Wildman–Crippen MR) is 134 cm³/mol. The molecule has 1 N–H and O–H groups in total. The number of nitrogens with zero attached hydrogens (tertiary/aromatic N) is 3. The fraction of sp³-hybridized carbons (Fsp3) is 0.591. The molecule has 0 bridgehead atoms. The molecule has 1 aromatic carbocycles. The SMILES string of the molecule is CCN(CCCO[Si](C)(C)C(C)(C)C)CCNC(=O)c1cnc2cc(I)ccc2n1. The molecule has 0 unspecified atom stereocenters. The summed E-state index contributed by atoms with van der Waals surface area (Å²) in [5.74, 6) is -0.180. The highest BCUT2D eigenvalue weighted by Gasteiger charge is 2.36. The molecule has 0 aliphatic rings. The van der Waals surface area contributed by atoms with Crippen molar-refractivity contribution in [1.82, 2.24) is 20.2 Å². The zero-order valence-corrected chi connectivity index (χ0v) is 22.2. The Balaban J connectivity index is 1.76. The van der Waals surface area contributed by atoms with Gasteiger partial charge in [-0.05, 0) is 71.9 Å². The average molecular weight is 543 g/mol. The summed E-state index contributed by atoms with van der Waals surface area (Å²) in [6.07, 6.45) is 2.55. The lowest BCUT2D eigenvalue weighted by atomic mass is 10.2. The average Bonchev–Trinajstić information content (AvgIpc) is 2.68. The van der Waals surface area contributed by atoms with E-state index in [1.807, 2.05) is 18.2 Å². The molecule has 0 aliphatic heterocycles. The Kier molecular flexibility index (Phi) is 9.20. The third kappa shape index (κ3) is 7.25. The van der Waals surface area contributed by atoms with Crippen LogP contribution < -0.4 is 5.32 Å². The van der Waals surface area contributed by atoms with Gasteiger partial charge in [-0.3, -0.25) is 9.78 Å². The van der Waals surface area contributed by atoms with Crippen LogP contribution in [0.25, 0.3) is 11.0 Å². The summed E-state index contributed by atoms with van der Waals surface area (Å²) in [6.45, 7) is 17.6. The molecule has 30 heavy (non-hydrogen) atoms. The van der Waals surface area contributed by atoms with Crippen LogP contribution in [0.1, 0.15) is 44.6 Å². The maximum Gasteiger partial charge on any atom is 0.271 e.